The summed E-state index contributed by atoms with van der Waals surface area (Å²) in [5, 5.41) is 7.19. The third kappa shape index (κ3) is 6.25. The molecule has 0 aliphatic carbocycles. The molecule has 0 aliphatic rings. The molecule has 0 atom stereocenters. The SMILES string of the molecule is O=C(COC(=O)c1ccc(NC(=O)c2cccs2)cc1)NCCc1ccc(F)cc1. The number of hydrogen-bond acceptors (Lipinski definition) is 5. The molecular weight excluding hydrogens is 407 g/mol. The van der Waals surface area contributed by atoms with Crippen molar-refractivity contribution in [1.29, 1.82) is 0 Å². The van der Waals surface area contributed by atoms with Crippen molar-refractivity contribution in [2.45, 2.75) is 6.42 Å². The molecule has 3 aromatic rings. The first-order chi connectivity index (χ1) is 14.5. The van der Waals surface area contributed by atoms with Crippen LogP contribution >= 0.6 is 11.3 Å². The molecule has 8 heteroatoms. The Morgan fingerprint density at radius 2 is 1.70 bits per heavy atom. The van der Waals surface area contributed by atoms with Crippen LogP contribution < -0.4 is 10.6 Å². The van der Waals surface area contributed by atoms with Gasteiger partial charge in [-0.3, -0.25) is 9.59 Å². The summed E-state index contributed by atoms with van der Waals surface area (Å²) >= 11 is 1.33. The van der Waals surface area contributed by atoms with E-state index in [1.165, 1.54) is 35.6 Å². The van der Waals surface area contributed by atoms with Crippen molar-refractivity contribution in [1.82, 2.24) is 5.32 Å². The molecule has 0 spiro atoms. The summed E-state index contributed by atoms with van der Waals surface area (Å²) in [6.45, 7) is -0.0558. The topological polar surface area (TPSA) is 84.5 Å². The predicted octanol–water partition coefficient (Wildman–Crippen LogP) is 3.66. The van der Waals surface area contributed by atoms with E-state index in [2.05, 4.69) is 10.6 Å². The number of carbonyl (C=O) groups excluding carboxylic acids is 3. The lowest BCUT2D eigenvalue weighted by Gasteiger charge is -2.08. The minimum absolute atomic E-state index is 0.224. The molecule has 2 amide bonds. The molecule has 0 saturated heterocycles. The van der Waals surface area contributed by atoms with Crippen molar-refractivity contribution >= 4 is 34.8 Å². The molecule has 0 unspecified atom stereocenters. The molecule has 0 bridgehead atoms. The third-order valence-electron chi connectivity index (χ3n) is 4.11. The van der Waals surface area contributed by atoms with Crippen LogP contribution in [0.1, 0.15) is 25.6 Å². The molecule has 1 aromatic heterocycles. The maximum atomic E-state index is 12.9. The van der Waals surface area contributed by atoms with Crippen molar-refractivity contribution in [2.24, 2.45) is 0 Å². The average Bonchev–Trinajstić information content (AvgIpc) is 3.29. The number of amides is 2. The van der Waals surface area contributed by atoms with Crippen LogP contribution in [0.5, 0.6) is 0 Å². The average molecular weight is 426 g/mol. The predicted molar refractivity (Wildman–Crippen MR) is 112 cm³/mol. The second-order valence-electron chi connectivity index (χ2n) is 6.31. The number of ether oxygens (including phenoxy) is 1. The van der Waals surface area contributed by atoms with Crippen LogP contribution in [-0.2, 0) is 16.0 Å². The highest BCUT2D eigenvalue weighted by atomic mass is 32.1. The molecule has 2 N–H and O–H groups in total. The minimum Gasteiger partial charge on any atom is -0.452 e. The zero-order valence-electron chi connectivity index (χ0n) is 15.9. The maximum absolute atomic E-state index is 12.9. The smallest absolute Gasteiger partial charge is 0.338 e. The van der Waals surface area contributed by atoms with Gasteiger partial charge >= 0.3 is 5.97 Å². The van der Waals surface area contributed by atoms with Gasteiger partial charge in [-0.15, -0.1) is 11.3 Å². The highest BCUT2D eigenvalue weighted by Crippen LogP contribution is 2.14. The monoisotopic (exact) mass is 426 g/mol. The van der Waals surface area contributed by atoms with Crippen molar-refractivity contribution in [3.8, 4) is 0 Å². The van der Waals surface area contributed by atoms with Crippen LogP contribution in [0.3, 0.4) is 0 Å². The first kappa shape index (κ1) is 21.2. The van der Waals surface area contributed by atoms with Crippen LogP contribution in [0, 0.1) is 5.82 Å². The lowest BCUT2D eigenvalue weighted by molar-refractivity contribution is -0.124. The molecule has 0 radical (unpaired) electrons. The van der Waals surface area contributed by atoms with Crippen LogP contribution in [-0.4, -0.2) is 30.9 Å². The Hall–Kier alpha value is -3.52. The minimum atomic E-state index is -0.639. The molecule has 30 heavy (non-hydrogen) atoms. The highest BCUT2D eigenvalue weighted by molar-refractivity contribution is 7.12. The van der Waals surface area contributed by atoms with E-state index < -0.39 is 18.5 Å². The number of carbonyl (C=O) groups is 3. The number of rotatable bonds is 8. The number of benzene rings is 2. The Morgan fingerprint density at radius 3 is 2.37 bits per heavy atom. The number of esters is 1. The van der Waals surface area contributed by atoms with Crippen LogP contribution in [0.4, 0.5) is 10.1 Å². The summed E-state index contributed by atoms with van der Waals surface area (Å²) in [5.41, 5.74) is 1.70. The van der Waals surface area contributed by atoms with E-state index >= 15 is 0 Å². The van der Waals surface area contributed by atoms with Gasteiger partial charge in [0.2, 0.25) is 0 Å². The van der Waals surface area contributed by atoms with E-state index in [4.69, 9.17) is 4.74 Å². The molecule has 0 fully saturated rings. The molecule has 6 nitrogen and oxygen atoms in total. The number of halogens is 1. The zero-order valence-corrected chi connectivity index (χ0v) is 16.7. The number of anilines is 1. The van der Waals surface area contributed by atoms with Crippen molar-refractivity contribution in [3.05, 3.63) is 87.9 Å². The van der Waals surface area contributed by atoms with Crippen LogP contribution in [0.2, 0.25) is 0 Å². The fourth-order valence-corrected chi connectivity index (χ4v) is 3.17. The number of hydrogen-bond donors (Lipinski definition) is 2. The summed E-state index contributed by atoms with van der Waals surface area (Å²) < 4.78 is 17.9. The van der Waals surface area contributed by atoms with E-state index in [0.29, 0.717) is 23.5 Å². The molecule has 0 aliphatic heterocycles. The third-order valence-corrected chi connectivity index (χ3v) is 4.98. The molecule has 0 saturated carbocycles. The zero-order chi connectivity index (χ0) is 21.3. The summed E-state index contributed by atoms with van der Waals surface area (Å²) in [6, 6.07) is 15.7. The Bertz CT molecular complexity index is 1000. The highest BCUT2D eigenvalue weighted by Gasteiger charge is 2.11. The Balaban J connectivity index is 1.40. The molecular formula is C22H19FN2O4S. The molecule has 2 aromatic carbocycles. The Labute approximate surface area is 176 Å². The lowest BCUT2D eigenvalue weighted by atomic mass is 10.1. The fraction of sp³-hybridized carbons (Fsp3) is 0.136. The number of thiophene rings is 1. The van der Waals surface area contributed by atoms with Gasteiger partial charge in [0.25, 0.3) is 11.8 Å². The van der Waals surface area contributed by atoms with Gasteiger partial charge in [0.1, 0.15) is 5.82 Å². The summed E-state index contributed by atoms with van der Waals surface area (Å²) in [7, 11) is 0. The standard InChI is InChI=1S/C22H19FN2O4S/c23-17-7-3-15(4-8-17)11-12-24-20(26)14-29-22(28)16-5-9-18(10-6-16)25-21(27)19-2-1-13-30-19/h1-10,13H,11-12,14H2,(H,24,26)(H,25,27). The lowest BCUT2D eigenvalue weighted by Crippen LogP contribution is -2.30. The Morgan fingerprint density at radius 1 is 0.967 bits per heavy atom. The molecule has 154 valence electrons. The van der Waals surface area contributed by atoms with Gasteiger partial charge < -0.3 is 15.4 Å². The van der Waals surface area contributed by atoms with Crippen molar-refractivity contribution in [2.75, 3.05) is 18.5 Å². The van der Waals surface area contributed by atoms with Gasteiger partial charge in [0.05, 0.1) is 10.4 Å². The Kier molecular flexibility index (Phi) is 7.29. The van der Waals surface area contributed by atoms with Gasteiger partial charge in [0.15, 0.2) is 6.61 Å². The quantitative estimate of drug-likeness (QED) is 0.539. The van der Waals surface area contributed by atoms with Crippen LogP contribution in [0.15, 0.2) is 66.0 Å². The first-order valence-electron chi connectivity index (χ1n) is 9.14. The second kappa shape index (κ2) is 10.3. The van der Waals surface area contributed by atoms with Gasteiger partial charge in [0, 0.05) is 12.2 Å². The molecule has 1 heterocycles. The van der Waals surface area contributed by atoms with E-state index in [-0.39, 0.29) is 17.3 Å². The van der Waals surface area contributed by atoms with E-state index in [0.717, 1.165) is 5.56 Å². The first-order valence-corrected chi connectivity index (χ1v) is 10.0. The summed E-state index contributed by atoms with van der Waals surface area (Å²) in [6.07, 6.45) is 0.540. The van der Waals surface area contributed by atoms with E-state index in [1.54, 1.807) is 36.4 Å². The van der Waals surface area contributed by atoms with Gasteiger partial charge in [-0.05, 0) is 59.8 Å². The van der Waals surface area contributed by atoms with Crippen molar-refractivity contribution in [3.63, 3.8) is 0 Å². The van der Waals surface area contributed by atoms with Crippen molar-refractivity contribution < 1.29 is 23.5 Å². The summed E-state index contributed by atoms with van der Waals surface area (Å²) in [4.78, 5) is 36.5. The second-order valence-corrected chi connectivity index (χ2v) is 7.26. The van der Waals surface area contributed by atoms with Gasteiger partial charge in [-0.25, -0.2) is 9.18 Å². The van der Waals surface area contributed by atoms with Gasteiger partial charge in [-0.2, -0.15) is 0 Å². The fourth-order valence-electron chi connectivity index (χ4n) is 2.55. The largest absolute Gasteiger partial charge is 0.452 e. The van der Waals surface area contributed by atoms with Crippen LogP contribution in [0.25, 0.3) is 0 Å². The van der Waals surface area contributed by atoms with E-state index in [9.17, 15) is 18.8 Å². The molecule has 3 rings (SSSR count). The summed E-state index contributed by atoms with van der Waals surface area (Å²) in [5.74, 6) is -1.60. The maximum Gasteiger partial charge on any atom is 0.338 e. The number of nitrogens with one attached hydrogen (secondary N) is 2. The normalized spacial score (nSPS) is 10.3. The van der Waals surface area contributed by atoms with Gasteiger partial charge in [-0.1, -0.05) is 18.2 Å². The van der Waals surface area contributed by atoms with E-state index in [1.807, 2.05) is 5.38 Å².